The number of nitrogens with one attached hydrogen (secondary N) is 1. The summed E-state index contributed by atoms with van der Waals surface area (Å²) in [6, 6.07) is 9.91. The number of aryl methyl sites for hydroxylation is 1. The standard InChI is InChI=1S/C13H13N3S/c1-2-12-5-6-13(17-12)9-16-11-4-3-10(7-14)15-8-11/h3-6,8,16H,2,9H2,1H3. The van der Waals surface area contributed by atoms with Crippen LogP contribution >= 0.6 is 11.3 Å². The van der Waals surface area contributed by atoms with Gasteiger partial charge in [-0.3, -0.25) is 0 Å². The van der Waals surface area contributed by atoms with Crippen molar-refractivity contribution < 1.29 is 0 Å². The molecule has 0 saturated carbocycles. The Balaban J connectivity index is 1.95. The third-order valence-corrected chi connectivity index (χ3v) is 3.64. The molecule has 0 amide bonds. The number of thiophene rings is 1. The largest absolute Gasteiger partial charge is 0.379 e. The van der Waals surface area contributed by atoms with Gasteiger partial charge in [-0.15, -0.1) is 11.3 Å². The van der Waals surface area contributed by atoms with Gasteiger partial charge in [0.15, 0.2) is 0 Å². The molecule has 0 aliphatic heterocycles. The normalized spacial score (nSPS) is 9.88. The van der Waals surface area contributed by atoms with Crippen molar-refractivity contribution in [1.29, 1.82) is 5.26 Å². The predicted octanol–water partition coefficient (Wildman–Crippen LogP) is 3.19. The number of pyridine rings is 1. The van der Waals surface area contributed by atoms with Crippen molar-refractivity contribution in [2.45, 2.75) is 19.9 Å². The van der Waals surface area contributed by atoms with E-state index in [1.54, 1.807) is 12.3 Å². The van der Waals surface area contributed by atoms with E-state index in [9.17, 15) is 0 Å². The van der Waals surface area contributed by atoms with Crippen LogP contribution in [-0.2, 0) is 13.0 Å². The Hall–Kier alpha value is -1.86. The third kappa shape index (κ3) is 3.05. The molecule has 0 aliphatic rings. The van der Waals surface area contributed by atoms with Gasteiger partial charge in [0.2, 0.25) is 0 Å². The van der Waals surface area contributed by atoms with Gasteiger partial charge >= 0.3 is 0 Å². The highest BCUT2D eigenvalue weighted by molar-refractivity contribution is 7.12. The SMILES string of the molecule is CCc1ccc(CNc2ccc(C#N)nc2)s1. The first-order valence-electron chi connectivity index (χ1n) is 5.49. The smallest absolute Gasteiger partial charge is 0.140 e. The summed E-state index contributed by atoms with van der Waals surface area (Å²) in [6.07, 6.45) is 2.77. The van der Waals surface area contributed by atoms with Crippen LogP contribution in [0.3, 0.4) is 0 Å². The van der Waals surface area contributed by atoms with E-state index in [4.69, 9.17) is 5.26 Å². The van der Waals surface area contributed by atoms with Crippen LogP contribution in [0.2, 0.25) is 0 Å². The summed E-state index contributed by atoms with van der Waals surface area (Å²) in [5.41, 5.74) is 1.38. The summed E-state index contributed by atoms with van der Waals surface area (Å²) in [5, 5.41) is 11.9. The average Bonchev–Trinajstić information content (AvgIpc) is 2.85. The van der Waals surface area contributed by atoms with E-state index in [0.717, 1.165) is 18.7 Å². The van der Waals surface area contributed by atoms with Crippen molar-refractivity contribution in [2.75, 3.05) is 5.32 Å². The van der Waals surface area contributed by atoms with Crippen LogP contribution in [0.5, 0.6) is 0 Å². The van der Waals surface area contributed by atoms with E-state index in [1.807, 2.05) is 23.5 Å². The second-order valence-corrected chi connectivity index (χ2v) is 4.87. The molecule has 86 valence electrons. The third-order valence-electron chi connectivity index (χ3n) is 2.41. The van der Waals surface area contributed by atoms with Gasteiger partial charge in [0.25, 0.3) is 0 Å². The fourth-order valence-corrected chi connectivity index (χ4v) is 2.36. The summed E-state index contributed by atoms with van der Waals surface area (Å²) in [6.45, 7) is 2.96. The molecule has 0 unspecified atom stereocenters. The van der Waals surface area contributed by atoms with Crippen molar-refractivity contribution in [1.82, 2.24) is 4.98 Å². The minimum Gasteiger partial charge on any atom is -0.379 e. The number of hydrogen-bond donors (Lipinski definition) is 1. The maximum Gasteiger partial charge on any atom is 0.140 e. The number of nitrogens with zero attached hydrogens (tertiary/aromatic N) is 2. The molecule has 1 N–H and O–H groups in total. The number of hydrogen-bond acceptors (Lipinski definition) is 4. The van der Waals surface area contributed by atoms with Gasteiger partial charge in [-0.05, 0) is 30.7 Å². The first-order valence-corrected chi connectivity index (χ1v) is 6.31. The van der Waals surface area contributed by atoms with Gasteiger partial charge in [0.1, 0.15) is 11.8 Å². The van der Waals surface area contributed by atoms with Crippen LogP contribution in [0.25, 0.3) is 0 Å². The van der Waals surface area contributed by atoms with E-state index in [-0.39, 0.29) is 0 Å². The van der Waals surface area contributed by atoms with Crippen molar-refractivity contribution in [2.24, 2.45) is 0 Å². The Morgan fingerprint density at radius 1 is 1.29 bits per heavy atom. The van der Waals surface area contributed by atoms with Crippen molar-refractivity contribution >= 4 is 17.0 Å². The Labute approximate surface area is 105 Å². The van der Waals surface area contributed by atoms with Crippen molar-refractivity contribution in [3.05, 3.63) is 45.9 Å². The number of aromatic nitrogens is 1. The molecule has 2 rings (SSSR count). The highest BCUT2D eigenvalue weighted by Crippen LogP contribution is 2.18. The van der Waals surface area contributed by atoms with Gasteiger partial charge in [-0.1, -0.05) is 6.92 Å². The zero-order chi connectivity index (χ0) is 12.1. The molecule has 0 radical (unpaired) electrons. The minimum atomic E-state index is 0.444. The van der Waals surface area contributed by atoms with E-state index in [2.05, 4.69) is 29.4 Å². The molecule has 0 bridgehead atoms. The second-order valence-electron chi connectivity index (χ2n) is 3.62. The van der Waals surface area contributed by atoms with Crippen LogP contribution in [0.4, 0.5) is 5.69 Å². The van der Waals surface area contributed by atoms with E-state index >= 15 is 0 Å². The van der Waals surface area contributed by atoms with Crippen LogP contribution in [0.15, 0.2) is 30.5 Å². The molecule has 2 heterocycles. The molecular formula is C13H13N3S. The number of nitriles is 1. The lowest BCUT2D eigenvalue weighted by Crippen LogP contribution is -1.97. The average molecular weight is 243 g/mol. The second kappa shape index (κ2) is 5.46. The fraction of sp³-hybridized carbons (Fsp3) is 0.231. The van der Waals surface area contributed by atoms with Gasteiger partial charge < -0.3 is 5.32 Å². The lowest BCUT2D eigenvalue weighted by atomic mass is 10.3. The molecule has 2 aromatic rings. The Bertz CT molecular complexity index is 522. The van der Waals surface area contributed by atoms with Gasteiger partial charge in [-0.2, -0.15) is 5.26 Å². The highest BCUT2D eigenvalue weighted by atomic mass is 32.1. The van der Waals surface area contributed by atoms with Crippen molar-refractivity contribution in [3.63, 3.8) is 0 Å². The summed E-state index contributed by atoms with van der Waals surface area (Å²) in [7, 11) is 0. The van der Waals surface area contributed by atoms with Crippen LogP contribution in [0.1, 0.15) is 22.4 Å². The summed E-state index contributed by atoms with van der Waals surface area (Å²) < 4.78 is 0. The summed E-state index contributed by atoms with van der Waals surface area (Å²) in [5.74, 6) is 0. The van der Waals surface area contributed by atoms with E-state index in [0.29, 0.717) is 5.69 Å². The molecule has 0 fully saturated rings. The molecule has 4 heteroatoms. The van der Waals surface area contributed by atoms with Crippen LogP contribution in [0, 0.1) is 11.3 Å². The maximum atomic E-state index is 8.64. The lowest BCUT2D eigenvalue weighted by molar-refractivity contribution is 1.16. The summed E-state index contributed by atoms with van der Waals surface area (Å²) in [4.78, 5) is 6.72. The zero-order valence-electron chi connectivity index (χ0n) is 9.60. The predicted molar refractivity (Wildman–Crippen MR) is 70.0 cm³/mol. The molecular weight excluding hydrogens is 230 g/mol. The van der Waals surface area contributed by atoms with E-state index < -0.39 is 0 Å². The number of anilines is 1. The van der Waals surface area contributed by atoms with Gasteiger partial charge in [0.05, 0.1) is 11.9 Å². The summed E-state index contributed by atoms with van der Waals surface area (Å²) >= 11 is 1.82. The molecule has 3 nitrogen and oxygen atoms in total. The van der Waals surface area contributed by atoms with Crippen LogP contribution < -0.4 is 5.32 Å². The number of rotatable bonds is 4. The molecule has 0 spiro atoms. The topological polar surface area (TPSA) is 48.7 Å². The molecule has 2 aromatic heterocycles. The van der Waals surface area contributed by atoms with Gasteiger partial charge in [-0.25, -0.2) is 4.98 Å². The minimum absolute atomic E-state index is 0.444. The first kappa shape index (κ1) is 11.6. The molecule has 0 saturated heterocycles. The van der Waals surface area contributed by atoms with Gasteiger partial charge in [0, 0.05) is 16.3 Å². The highest BCUT2D eigenvalue weighted by Gasteiger charge is 1.99. The van der Waals surface area contributed by atoms with E-state index in [1.165, 1.54) is 9.75 Å². The molecule has 0 aliphatic carbocycles. The molecule has 0 atom stereocenters. The monoisotopic (exact) mass is 243 g/mol. The first-order chi connectivity index (χ1) is 8.31. The molecule has 0 aromatic carbocycles. The van der Waals surface area contributed by atoms with Crippen molar-refractivity contribution in [3.8, 4) is 6.07 Å². The quantitative estimate of drug-likeness (QED) is 0.897. The zero-order valence-corrected chi connectivity index (χ0v) is 10.4. The Kier molecular flexibility index (Phi) is 3.73. The Morgan fingerprint density at radius 3 is 2.71 bits per heavy atom. The van der Waals surface area contributed by atoms with Crippen LogP contribution in [-0.4, -0.2) is 4.98 Å². The lowest BCUT2D eigenvalue weighted by Gasteiger charge is -2.03. The Morgan fingerprint density at radius 2 is 2.12 bits per heavy atom. The maximum absolute atomic E-state index is 8.64. The molecule has 17 heavy (non-hydrogen) atoms. The fourth-order valence-electron chi connectivity index (χ4n) is 1.46.